The number of ether oxygens (including phenoxy) is 2. The first-order valence-electron chi connectivity index (χ1n) is 11.2. The molecular formula is C24H28N4O5S. The van der Waals surface area contributed by atoms with Crippen molar-refractivity contribution >= 4 is 34.5 Å². The Bertz CT molecular complexity index is 1280. The van der Waals surface area contributed by atoms with Crippen molar-refractivity contribution in [1.82, 2.24) is 14.7 Å². The standard InChI is InChI=1S/C24H28N4O5S/c1-15-11-22(33-27-15)26-21(29)14-34-24-25-18-13-20(32-3)19(31-2)12-17(18)23(30)28(24)10-9-16-7-5-4-6-8-16/h7,11-13H,4-6,8-10,14H2,1-3H3,(H,26,29). The average molecular weight is 485 g/mol. The molecule has 0 saturated heterocycles. The number of benzene rings is 1. The van der Waals surface area contributed by atoms with Crippen molar-refractivity contribution in [3.63, 3.8) is 0 Å². The highest BCUT2D eigenvalue weighted by Gasteiger charge is 2.17. The van der Waals surface area contributed by atoms with Gasteiger partial charge in [-0.25, -0.2) is 4.98 Å². The molecule has 3 aromatic rings. The minimum Gasteiger partial charge on any atom is -0.493 e. The second-order valence-electron chi connectivity index (χ2n) is 8.10. The summed E-state index contributed by atoms with van der Waals surface area (Å²) in [6, 6.07) is 4.99. The van der Waals surface area contributed by atoms with Crippen LogP contribution in [0.15, 0.2) is 44.3 Å². The number of thioether (sulfide) groups is 1. The van der Waals surface area contributed by atoms with E-state index < -0.39 is 0 Å². The van der Waals surface area contributed by atoms with Crippen LogP contribution in [0, 0.1) is 6.92 Å². The van der Waals surface area contributed by atoms with E-state index in [0.717, 1.165) is 19.3 Å². The van der Waals surface area contributed by atoms with Crippen molar-refractivity contribution in [3.8, 4) is 11.5 Å². The Morgan fingerprint density at radius 3 is 2.68 bits per heavy atom. The molecule has 0 fully saturated rings. The highest BCUT2D eigenvalue weighted by Crippen LogP contribution is 2.31. The molecule has 0 radical (unpaired) electrons. The van der Waals surface area contributed by atoms with Gasteiger partial charge >= 0.3 is 0 Å². The van der Waals surface area contributed by atoms with E-state index in [0.29, 0.717) is 39.8 Å². The lowest BCUT2D eigenvalue weighted by molar-refractivity contribution is -0.113. The third-order valence-corrected chi connectivity index (χ3v) is 6.67. The number of carbonyl (C=O) groups is 1. The third kappa shape index (κ3) is 5.44. The van der Waals surface area contributed by atoms with E-state index in [1.807, 2.05) is 0 Å². The summed E-state index contributed by atoms with van der Waals surface area (Å²) in [4.78, 5) is 30.7. The zero-order valence-electron chi connectivity index (χ0n) is 19.6. The van der Waals surface area contributed by atoms with Crippen LogP contribution in [-0.2, 0) is 11.3 Å². The van der Waals surface area contributed by atoms with E-state index in [1.165, 1.54) is 44.4 Å². The minimum atomic E-state index is -0.274. The second kappa shape index (κ2) is 10.8. The molecule has 1 aliphatic carbocycles. The second-order valence-corrected chi connectivity index (χ2v) is 9.05. The van der Waals surface area contributed by atoms with Crippen molar-refractivity contribution < 1.29 is 18.8 Å². The van der Waals surface area contributed by atoms with E-state index in [2.05, 4.69) is 16.5 Å². The van der Waals surface area contributed by atoms with E-state index in [9.17, 15) is 9.59 Å². The first kappa shape index (κ1) is 23.9. The van der Waals surface area contributed by atoms with Crippen LogP contribution in [0.2, 0.25) is 0 Å². The van der Waals surface area contributed by atoms with Crippen LogP contribution in [-0.4, -0.2) is 40.6 Å². The lowest BCUT2D eigenvalue weighted by Gasteiger charge is -2.17. The van der Waals surface area contributed by atoms with E-state index >= 15 is 0 Å². The Hall–Kier alpha value is -3.27. The van der Waals surface area contributed by atoms with Crippen LogP contribution in [0.5, 0.6) is 11.5 Å². The molecule has 2 heterocycles. The molecule has 34 heavy (non-hydrogen) atoms. The number of aromatic nitrogens is 3. The third-order valence-electron chi connectivity index (χ3n) is 5.69. The topological polar surface area (TPSA) is 108 Å². The fraction of sp³-hybridized carbons (Fsp3) is 0.417. The molecule has 9 nitrogen and oxygen atoms in total. The van der Waals surface area contributed by atoms with Crippen LogP contribution in [0.25, 0.3) is 10.9 Å². The summed E-state index contributed by atoms with van der Waals surface area (Å²) in [6.45, 7) is 2.27. The van der Waals surface area contributed by atoms with Crippen LogP contribution in [0.3, 0.4) is 0 Å². The number of rotatable bonds is 9. The molecule has 0 saturated carbocycles. The van der Waals surface area contributed by atoms with Crippen LogP contribution in [0.1, 0.15) is 37.8 Å². The average Bonchev–Trinajstić information content (AvgIpc) is 3.26. The largest absolute Gasteiger partial charge is 0.493 e. The van der Waals surface area contributed by atoms with Gasteiger partial charge in [0.15, 0.2) is 16.7 Å². The van der Waals surface area contributed by atoms with Crippen LogP contribution in [0.4, 0.5) is 5.88 Å². The molecule has 0 unspecified atom stereocenters. The van der Waals surface area contributed by atoms with Crippen molar-refractivity contribution in [2.45, 2.75) is 50.7 Å². The SMILES string of the molecule is COc1cc2nc(SCC(=O)Nc3cc(C)no3)n(CCC3=CCCCC3)c(=O)c2cc1OC. The molecule has 4 rings (SSSR count). The summed E-state index contributed by atoms with van der Waals surface area (Å²) in [5, 5.41) is 7.36. The molecule has 1 amide bonds. The summed E-state index contributed by atoms with van der Waals surface area (Å²) < 4.78 is 17.5. The van der Waals surface area contributed by atoms with Gasteiger partial charge in [0.1, 0.15) is 0 Å². The molecule has 0 bridgehead atoms. The molecule has 1 N–H and O–H groups in total. The lowest BCUT2D eigenvalue weighted by Crippen LogP contribution is -2.25. The van der Waals surface area contributed by atoms with Gasteiger partial charge in [-0.15, -0.1) is 0 Å². The molecule has 1 aromatic carbocycles. The van der Waals surface area contributed by atoms with E-state index in [1.54, 1.807) is 29.7 Å². The van der Waals surface area contributed by atoms with E-state index in [4.69, 9.17) is 19.0 Å². The molecule has 1 aliphatic rings. The predicted octanol–water partition coefficient (Wildman–Crippen LogP) is 4.33. The fourth-order valence-corrected chi connectivity index (χ4v) is 4.77. The Labute approximate surface area is 201 Å². The summed E-state index contributed by atoms with van der Waals surface area (Å²) in [5.74, 6) is 1.03. The summed E-state index contributed by atoms with van der Waals surface area (Å²) in [7, 11) is 3.07. The van der Waals surface area contributed by atoms with Gasteiger partial charge in [0.25, 0.3) is 5.56 Å². The van der Waals surface area contributed by atoms with Crippen molar-refractivity contribution in [3.05, 3.63) is 45.9 Å². The van der Waals surface area contributed by atoms with Crippen LogP contribution >= 0.6 is 11.8 Å². The number of hydrogen-bond acceptors (Lipinski definition) is 8. The molecule has 180 valence electrons. The van der Waals surface area contributed by atoms with Gasteiger partial charge in [-0.1, -0.05) is 28.6 Å². The number of anilines is 1. The van der Waals surface area contributed by atoms with Gasteiger partial charge in [-0.3, -0.25) is 19.5 Å². The number of fused-ring (bicyclic) bond motifs is 1. The number of carbonyl (C=O) groups excluding carboxylic acids is 1. The van der Waals surface area contributed by atoms with Crippen LogP contribution < -0.4 is 20.3 Å². The van der Waals surface area contributed by atoms with Gasteiger partial charge in [0, 0.05) is 18.7 Å². The number of methoxy groups -OCH3 is 2. The molecule has 10 heteroatoms. The molecule has 0 aliphatic heterocycles. The fourth-order valence-electron chi connectivity index (χ4n) is 3.95. The number of amides is 1. The minimum absolute atomic E-state index is 0.0632. The Kier molecular flexibility index (Phi) is 7.56. The van der Waals surface area contributed by atoms with Crippen molar-refractivity contribution in [2.75, 3.05) is 25.3 Å². The lowest BCUT2D eigenvalue weighted by atomic mass is 9.97. The first-order chi connectivity index (χ1) is 16.5. The van der Waals surface area contributed by atoms with Gasteiger partial charge in [-0.05, 0) is 45.1 Å². The predicted molar refractivity (Wildman–Crippen MR) is 131 cm³/mol. The Balaban J connectivity index is 1.64. The smallest absolute Gasteiger partial charge is 0.262 e. The summed E-state index contributed by atoms with van der Waals surface area (Å²) >= 11 is 1.21. The highest BCUT2D eigenvalue weighted by molar-refractivity contribution is 7.99. The van der Waals surface area contributed by atoms with Gasteiger partial charge < -0.3 is 14.0 Å². The molecule has 0 spiro atoms. The molecule has 2 aromatic heterocycles. The number of nitrogens with one attached hydrogen (secondary N) is 1. The molecule has 0 atom stereocenters. The molecular weight excluding hydrogens is 456 g/mol. The number of hydrogen-bond donors (Lipinski definition) is 1. The number of aryl methyl sites for hydroxylation is 1. The van der Waals surface area contributed by atoms with E-state index in [-0.39, 0.29) is 23.1 Å². The number of allylic oxidation sites excluding steroid dienone is 2. The van der Waals surface area contributed by atoms with Crippen molar-refractivity contribution in [2.24, 2.45) is 0 Å². The summed E-state index contributed by atoms with van der Waals surface area (Å²) in [5.41, 5.74) is 2.36. The van der Waals surface area contributed by atoms with Gasteiger partial charge in [0.2, 0.25) is 11.8 Å². The summed E-state index contributed by atoms with van der Waals surface area (Å²) in [6.07, 6.45) is 7.58. The maximum atomic E-state index is 13.5. The quantitative estimate of drug-likeness (QED) is 0.272. The zero-order chi connectivity index (χ0) is 24.1. The Morgan fingerprint density at radius 1 is 1.21 bits per heavy atom. The first-order valence-corrected chi connectivity index (χ1v) is 12.2. The monoisotopic (exact) mass is 484 g/mol. The van der Waals surface area contributed by atoms with Gasteiger partial charge in [0.05, 0.1) is 36.6 Å². The maximum Gasteiger partial charge on any atom is 0.262 e. The zero-order valence-corrected chi connectivity index (χ0v) is 20.4. The van der Waals surface area contributed by atoms with Crippen molar-refractivity contribution in [1.29, 1.82) is 0 Å². The number of nitrogens with zero attached hydrogens (tertiary/aromatic N) is 3. The highest BCUT2D eigenvalue weighted by atomic mass is 32.2. The normalized spacial score (nSPS) is 13.6. The Morgan fingerprint density at radius 2 is 2.00 bits per heavy atom. The maximum absolute atomic E-state index is 13.5. The van der Waals surface area contributed by atoms with Gasteiger partial charge in [-0.2, -0.15) is 0 Å².